The van der Waals surface area contributed by atoms with Crippen molar-refractivity contribution < 1.29 is 9.21 Å². The molecule has 1 saturated heterocycles. The highest BCUT2D eigenvalue weighted by Gasteiger charge is 2.34. The number of aromatic nitrogens is 1. The summed E-state index contributed by atoms with van der Waals surface area (Å²) in [4.78, 5) is 20.2. The zero-order valence-electron chi connectivity index (χ0n) is 13.9. The Kier molecular flexibility index (Phi) is 4.35. The molecule has 2 aliphatic rings. The Morgan fingerprint density at radius 2 is 1.96 bits per heavy atom. The summed E-state index contributed by atoms with van der Waals surface area (Å²) in [5, 5.41) is 0.579. The second-order valence-corrected chi connectivity index (χ2v) is 8.06. The highest BCUT2D eigenvalue weighted by molar-refractivity contribution is 8.00. The molecule has 0 bridgehead atoms. The molecule has 1 saturated carbocycles. The normalized spacial score (nSPS) is 18.8. The van der Waals surface area contributed by atoms with Crippen LogP contribution in [0.5, 0.6) is 0 Å². The lowest BCUT2D eigenvalue weighted by atomic mass is 10.1. The van der Waals surface area contributed by atoms with E-state index in [0.717, 1.165) is 44.5 Å². The second-order valence-electron chi connectivity index (χ2n) is 6.71. The summed E-state index contributed by atoms with van der Waals surface area (Å²) in [6, 6.07) is 8.52. The van der Waals surface area contributed by atoms with Crippen LogP contribution in [0.25, 0.3) is 0 Å². The van der Waals surface area contributed by atoms with Gasteiger partial charge in [-0.05, 0) is 44.2 Å². The molecule has 0 N–H and O–H groups in total. The maximum Gasteiger partial charge on any atom is 0.276 e. The number of likely N-dealkylation sites (tertiary alicyclic amines) is 1. The summed E-state index contributed by atoms with van der Waals surface area (Å²) in [5.74, 6) is 1.27. The smallest absolute Gasteiger partial charge is 0.276 e. The van der Waals surface area contributed by atoms with Crippen molar-refractivity contribution in [2.45, 2.75) is 48.7 Å². The fourth-order valence-electron chi connectivity index (χ4n) is 3.25. The SMILES string of the molecule is Cc1ccccc1SC1CCN(C(=O)c2ncoc2C2CC2)CC1. The molecule has 1 aliphatic heterocycles. The molecule has 2 heterocycles. The van der Waals surface area contributed by atoms with Crippen molar-refractivity contribution in [1.82, 2.24) is 9.88 Å². The first kappa shape index (κ1) is 15.8. The first-order chi connectivity index (χ1) is 11.7. The van der Waals surface area contributed by atoms with Gasteiger partial charge in [0.05, 0.1) is 0 Å². The topological polar surface area (TPSA) is 46.3 Å². The van der Waals surface area contributed by atoms with E-state index in [1.54, 1.807) is 0 Å². The lowest BCUT2D eigenvalue weighted by molar-refractivity contribution is 0.0720. The third kappa shape index (κ3) is 3.22. The van der Waals surface area contributed by atoms with Crippen LogP contribution in [0.3, 0.4) is 0 Å². The van der Waals surface area contributed by atoms with Gasteiger partial charge in [0.2, 0.25) is 0 Å². The molecule has 4 rings (SSSR count). The van der Waals surface area contributed by atoms with Crippen molar-refractivity contribution in [2.75, 3.05) is 13.1 Å². The summed E-state index contributed by atoms with van der Waals surface area (Å²) in [6.45, 7) is 3.77. The first-order valence-corrected chi connectivity index (χ1v) is 9.55. The Labute approximate surface area is 146 Å². The molecule has 0 unspecified atom stereocenters. The van der Waals surface area contributed by atoms with Crippen molar-refractivity contribution in [3.8, 4) is 0 Å². The first-order valence-electron chi connectivity index (χ1n) is 8.67. The number of amides is 1. The number of carbonyl (C=O) groups excluding carboxylic acids is 1. The number of rotatable bonds is 4. The summed E-state index contributed by atoms with van der Waals surface area (Å²) in [5.41, 5.74) is 1.88. The Balaban J connectivity index is 1.36. The third-order valence-electron chi connectivity index (χ3n) is 4.86. The maximum absolute atomic E-state index is 12.7. The number of oxazole rings is 1. The predicted octanol–water partition coefficient (Wildman–Crippen LogP) is 4.26. The monoisotopic (exact) mass is 342 g/mol. The summed E-state index contributed by atoms with van der Waals surface area (Å²) >= 11 is 1.95. The van der Waals surface area contributed by atoms with Gasteiger partial charge in [0.15, 0.2) is 12.1 Å². The van der Waals surface area contributed by atoms with Gasteiger partial charge in [-0.1, -0.05) is 18.2 Å². The van der Waals surface area contributed by atoms with Crippen molar-refractivity contribution >= 4 is 17.7 Å². The van der Waals surface area contributed by atoms with Crippen LogP contribution in [0.15, 0.2) is 40.0 Å². The van der Waals surface area contributed by atoms with Gasteiger partial charge in [0, 0.05) is 29.2 Å². The Morgan fingerprint density at radius 1 is 1.21 bits per heavy atom. The molecule has 1 aromatic carbocycles. The van der Waals surface area contributed by atoms with Crippen LogP contribution in [0.1, 0.15) is 53.4 Å². The van der Waals surface area contributed by atoms with Gasteiger partial charge in [-0.2, -0.15) is 0 Å². The van der Waals surface area contributed by atoms with Gasteiger partial charge in [0.25, 0.3) is 5.91 Å². The highest BCUT2D eigenvalue weighted by atomic mass is 32.2. The second kappa shape index (κ2) is 6.63. The number of piperidine rings is 1. The van der Waals surface area contributed by atoms with Crippen molar-refractivity contribution in [2.24, 2.45) is 0 Å². The number of hydrogen-bond acceptors (Lipinski definition) is 4. The van der Waals surface area contributed by atoms with Crippen LogP contribution in [0.4, 0.5) is 0 Å². The molecule has 2 aromatic rings. The number of aryl methyl sites for hydroxylation is 1. The van der Waals surface area contributed by atoms with E-state index in [-0.39, 0.29) is 5.91 Å². The van der Waals surface area contributed by atoms with Crippen LogP contribution in [0, 0.1) is 6.92 Å². The van der Waals surface area contributed by atoms with E-state index >= 15 is 0 Å². The number of nitrogens with zero attached hydrogens (tertiary/aromatic N) is 2. The Morgan fingerprint density at radius 3 is 2.67 bits per heavy atom. The average molecular weight is 342 g/mol. The van der Waals surface area contributed by atoms with Gasteiger partial charge >= 0.3 is 0 Å². The average Bonchev–Trinajstić information content (AvgIpc) is 3.34. The molecule has 0 atom stereocenters. The molecule has 1 amide bonds. The van der Waals surface area contributed by atoms with Crippen LogP contribution < -0.4 is 0 Å². The molecule has 1 aromatic heterocycles. The molecule has 2 fully saturated rings. The van der Waals surface area contributed by atoms with Gasteiger partial charge in [-0.3, -0.25) is 4.79 Å². The van der Waals surface area contributed by atoms with E-state index in [1.807, 2.05) is 16.7 Å². The predicted molar refractivity (Wildman–Crippen MR) is 94.4 cm³/mol. The van der Waals surface area contributed by atoms with E-state index < -0.39 is 0 Å². The van der Waals surface area contributed by atoms with E-state index in [1.165, 1.54) is 16.9 Å². The van der Waals surface area contributed by atoms with E-state index in [2.05, 4.69) is 36.2 Å². The lowest BCUT2D eigenvalue weighted by Crippen LogP contribution is -2.39. The number of carbonyl (C=O) groups is 1. The minimum atomic E-state index is 0.0463. The molecule has 5 heteroatoms. The quantitative estimate of drug-likeness (QED) is 0.833. The van der Waals surface area contributed by atoms with Crippen molar-refractivity contribution in [3.05, 3.63) is 47.7 Å². The lowest BCUT2D eigenvalue weighted by Gasteiger charge is -2.31. The number of thioether (sulfide) groups is 1. The van der Waals surface area contributed by atoms with Crippen molar-refractivity contribution in [3.63, 3.8) is 0 Å². The zero-order chi connectivity index (χ0) is 16.5. The summed E-state index contributed by atoms with van der Waals surface area (Å²) in [7, 11) is 0. The van der Waals surface area contributed by atoms with Gasteiger partial charge in [-0.15, -0.1) is 11.8 Å². The molecule has 1 aliphatic carbocycles. The molecule has 126 valence electrons. The van der Waals surface area contributed by atoms with Crippen LogP contribution >= 0.6 is 11.8 Å². The van der Waals surface area contributed by atoms with E-state index in [9.17, 15) is 4.79 Å². The standard InChI is InChI=1S/C19H22N2O2S/c1-13-4-2-3-5-16(13)24-15-8-10-21(11-9-15)19(22)17-18(14-6-7-14)23-12-20-17/h2-5,12,14-15H,6-11H2,1H3. The Hall–Kier alpha value is -1.75. The molecule has 24 heavy (non-hydrogen) atoms. The summed E-state index contributed by atoms with van der Waals surface area (Å²) in [6.07, 6.45) is 5.71. The van der Waals surface area contributed by atoms with Crippen LogP contribution in [-0.2, 0) is 0 Å². The minimum absolute atomic E-state index is 0.0463. The van der Waals surface area contributed by atoms with Gasteiger partial charge in [-0.25, -0.2) is 4.98 Å². The van der Waals surface area contributed by atoms with Crippen molar-refractivity contribution in [1.29, 1.82) is 0 Å². The van der Waals surface area contributed by atoms with Gasteiger partial charge in [0.1, 0.15) is 5.76 Å². The largest absolute Gasteiger partial charge is 0.447 e. The maximum atomic E-state index is 12.7. The fraction of sp³-hybridized carbons (Fsp3) is 0.474. The minimum Gasteiger partial charge on any atom is -0.447 e. The highest BCUT2D eigenvalue weighted by Crippen LogP contribution is 2.42. The Bertz CT molecular complexity index is 730. The third-order valence-corrected chi connectivity index (χ3v) is 6.38. The molecule has 0 radical (unpaired) electrons. The molecular weight excluding hydrogens is 320 g/mol. The van der Waals surface area contributed by atoms with Gasteiger partial charge < -0.3 is 9.32 Å². The van der Waals surface area contributed by atoms with E-state index in [4.69, 9.17) is 4.42 Å². The van der Waals surface area contributed by atoms with Crippen LogP contribution in [-0.4, -0.2) is 34.1 Å². The molecule has 4 nitrogen and oxygen atoms in total. The fourth-order valence-corrected chi connectivity index (χ4v) is 4.46. The zero-order valence-corrected chi connectivity index (χ0v) is 14.7. The number of hydrogen-bond donors (Lipinski definition) is 0. The molecule has 0 spiro atoms. The van der Waals surface area contributed by atoms with Crippen LogP contribution in [0.2, 0.25) is 0 Å². The molecular formula is C19H22N2O2S. The van der Waals surface area contributed by atoms with E-state index in [0.29, 0.717) is 16.9 Å². The summed E-state index contributed by atoms with van der Waals surface area (Å²) < 4.78 is 5.45. The number of benzene rings is 1.